The van der Waals surface area contributed by atoms with Gasteiger partial charge in [-0.25, -0.2) is 4.79 Å². The number of methoxy groups -OCH3 is 1. The summed E-state index contributed by atoms with van der Waals surface area (Å²) in [5.41, 5.74) is 6.66. The molecule has 0 bridgehead atoms. The molecule has 0 aromatic heterocycles. The highest BCUT2D eigenvalue weighted by molar-refractivity contribution is 7.99. The highest BCUT2D eigenvalue weighted by Crippen LogP contribution is 2.30. The lowest BCUT2D eigenvalue weighted by Crippen LogP contribution is -2.33. The summed E-state index contributed by atoms with van der Waals surface area (Å²) in [6.07, 6.45) is 0.875. The number of thioether (sulfide) groups is 1. The maximum atomic E-state index is 12.5. The fourth-order valence-corrected chi connectivity index (χ4v) is 4.49. The van der Waals surface area contributed by atoms with E-state index in [2.05, 4.69) is 5.32 Å². The van der Waals surface area contributed by atoms with Gasteiger partial charge in [0.15, 0.2) is 0 Å². The van der Waals surface area contributed by atoms with Crippen molar-refractivity contribution in [2.24, 2.45) is 5.73 Å². The number of amides is 3. The van der Waals surface area contributed by atoms with Crippen molar-refractivity contribution in [3.8, 4) is 5.75 Å². The molecule has 37 heavy (non-hydrogen) atoms. The Morgan fingerprint density at radius 2 is 1.78 bits per heavy atom. The van der Waals surface area contributed by atoms with Gasteiger partial charge in [-0.3, -0.25) is 19.2 Å². The average Bonchev–Trinajstić information content (AvgIpc) is 3.21. The second-order valence-electron chi connectivity index (χ2n) is 8.29. The predicted octanol–water partition coefficient (Wildman–Crippen LogP) is 4.20. The lowest BCUT2D eigenvalue weighted by molar-refractivity contribution is -0.178. The number of hydroxylamine groups is 2. The first-order valence-electron chi connectivity index (χ1n) is 12.0. The Bertz CT molecular complexity index is 1080. The Morgan fingerprint density at radius 1 is 1.05 bits per heavy atom. The van der Waals surface area contributed by atoms with Gasteiger partial charge in [-0.2, -0.15) is 0 Å². The van der Waals surface area contributed by atoms with Gasteiger partial charge < -0.3 is 20.5 Å². The van der Waals surface area contributed by atoms with Crippen molar-refractivity contribution < 1.29 is 33.5 Å². The van der Waals surface area contributed by atoms with E-state index in [0.29, 0.717) is 40.8 Å². The van der Waals surface area contributed by atoms with Crippen molar-refractivity contribution in [1.29, 1.82) is 0 Å². The Hall–Kier alpha value is -3.57. The Labute approximate surface area is 219 Å². The molecule has 1 unspecified atom stereocenters. The number of anilines is 1. The third-order valence-electron chi connectivity index (χ3n) is 5.52. The highest BCUT2D eigenvalue weighted by atomic mass is 32.2. The van der Waals surface area contributed by atoms with Crippen LogP contribution in [0.4, 0.5) is 10.5 Å². The summed E-state index contributed by atoms with van der Waals surface area (Å²) < 4.78 is 10.7. The van der Waals surface area contributed by atoms with Crippen molar-refractivity contribution in [3.63, 3.8) is 0 Å². The quantitative estimate of drug-likeness (QED) is 0.169. The number of rotatable bonds is 13. The molecular weight excluding hydrogens is 498 g/mol. The molecule has 11 heteroatoms. The molecule has 0 saturated carbocycles. The molecule has 198 valence electrons. The van der Waals surface area contributed by atoms with Crippen molar-refractivity contribution in [2.45, 2.75) is 49.5 Å². The van der Waals surface area contributed by atoms with Crippen LogP contribution in [0.5, 0.6) is 5.75 Å². The van der Waals surface area contributed by atoms with Gasteiger partial charge in [0.25, 0.3) is 11.8 Å². The zero-order chi connectivity index (χ0) is 26.6. The largest absolute Gasteiger partial charge is 0.534 e. The van der Waals surface area contributed by atoms with Crippen molar-refractivity contribution >= 4 is 41.3 Å². The molecule has 1 aliphatic rings. The van der Waals surface area contributed by atoms with E-state index in [-0.39, 0.29) is 18.7 Å². The minimum Gasteiger partial charge on any atom is -0.497 e. The second-order valence-corrected chi connectivity index (χ2v) is 9.38. The summed E-state index contributed by atoms with van der Waals surface area (Å²) >= 11 is 1.43. The second kappa shape index (κ2) is 14.2. The molecule has 1 heterocycles. The van der Waals surface area contributed by atoms with Crippen LogP contribution in [0, 0.1) is 0 Å². The molecule has 0 radical (unpaired) electrons. The van der Waals surface area contributed by atoms with Crippen LogP contribution >= 0.6 is 11.8 Å². The first-order chi connectivity index (χ1) is 17.9. The topological polar surface area (TPSA) is 137 Å². The van der Waals surface area contributed by atoms with E-state index < -0.39 is 24.1 Å². The van der Waals surface area contributed by atoms with E-state index in [1.807, 2.05) is 24.3 Å². The van der Waals surface area contributed by atoms with Crippen LogP contribution in [-0.4, -0.2) is 48.3 Å². The molecule has 1 saturated heterocycles. The molecule has 1 aliphatic heterocycles. The van der Waals surface area contributed by atoms with E-state index in [9.17, 15) is 19.2 Å². The van der Waals surface area contributed by atoms with E-state index in [1.165, 1.54) is 11.8 Å². The molecule has 10 nitrogen and oxygen atoms in total. The summed E-state index contributed by atoms with van der Waals surface area (Å²) in [4.78, 5) is 54.3. The average molecular weight is 530 g/mol. The molecule has 3 amide bonds. The molecule has 0 spiro atoms. The number of benzene rings is 2. The van der Waals surface area contributed by atoms with E-state index >= 15 is 0 Å². The van der Waals surface area contributed by atoms with Gasteiger partial charge in [0.1, 0.15) is 11.9 Å². The van der Waals surface area contributed by atoms with Crippen LogP contribution in [0.3, 0.4) is 0 Å². The number of hydrogen-bond acceptors (Lipinski definition) is 9. The van der Waals surface area contributed by atoms with Gasteiger partial charge in [0.05, 0.1) is 7.11 Å². The lowest BCUT2D eigenvalue weighted by Gasteiger charge is -2.20. The minimum atomic E-state index is -1.17. The molecule has 2 aromatic rings. The number of ether oxygens (including phenoxy) is 2. The number of unbranched alkanes of at least 4 members (excludes halogenated alkanes) is 2. The van der Waals surface area contributed by atoms with Crippen molar-refractivity contribution in [2.75, 3.05) is 24.7 Å². The smallest absolute Gasteiger partial charge is 0.497 e. The van der Waals surface area contributed by atoms with Gasteiger partial charge in [-0.05, 0) is 61.3 Å². The monoisotopic (exact) mass is 529 g/mol. The zero-order valence-corrected chi connectivity index (χ0v) is 21.5. The van der Waals surface area contributed by atoms with Crippen LogP contribution in [0.25, 0.3) is 0 Å². The Kier molecular flexibility index (Phi) is 10.8. The SMILES string of the molecule is COc1ccc(SCC(OC(=O)ON2C(=O)CCC2=O)c2cccc(NC(=O)CCCCCN)c2)cc1. The fraction of sp³-hybridized carbons (Fsp3) is 0.385. The van der Waals surface area contributed by atoms with Crippen molar-refractivity contribution in [3.05, 3.63) is 54.1 Å². The first-order valence-corrected chi connectivity index (χ1v) is 13.0. The lowest BCUT2D eigenvalue weighted by atomic mass is 10.1. The number of carbonyl (C=O) groups excluding carboxylic acids is 4. The van der Waals surface area contributed by atoms with Gasteiger partial charge in [0, 0.05) is 35.6 Å². The number of carbonyl (C=O) groups is 4. The standard InChI is InChI=1S/C26H31N3O7S/c1-34-20-9-11-21(12-10-20)37-17-22(35-26(33)36-29-24(31)13-14-25(29)32)18-6-5-7-19(16-18)28-23(30)8-3-2-4-15-27/h5-7,9-12,16,22H,2-4,8,13-15,17,27H2,1H3,(H,28,30). The molecule has 3 rings (SSSR count). The summed E-state index contributed by atoms with van der Waals surface area (Å²) in [5, 5.41) is 3.31. The number of imide groups is 1. The van der Waals surface area contributed by atoms with Gasteiger partial charge >= 0.3 is 6.16 Å². The first kappa shape index (κ1) is 28.0. The van der Waals surface area contributed by atoms with Gasteiger partial charge in [-0.1, -0.05) is 23.6 Å². The molecule has 3 N–H and O–H groups in total. The van der Waals surface area contributed by atoms with E-state index in [0.717, 1.165) is 24.2 Å². The Morgan fingerprint density at radius 3 is 2.46 bits per heavy atom. The summed E-state index contributed by atoms with van der Waals surface area (Å²) in [7, 11) is 1.58. The fourth-order valence-electron chi connectivity index (χ4n) is 3.56. The summed E-state index contributed by atoms with van der Waals surface area (Å²) in [6, 6.07) is 14.4. The number of nitrogens with two attached hydrogens (primary N) is 1. The van der Waals surface area contributed by atoms with Crippen LogP contribution < -0.4 is 15.8 Å². The van der Waals surface area contributed by atoms with Gasteiger partial charge in [0.2, 0.25) is 5.91 Å². The van der Waals surface area contributed by atoms with E-state index in [1.54, 1.807) is 31.4 Å². The molecular formula is C26H31N3O7S. The summed E-state index contributed by atoms with van der Waals surface area (Å²) in [6.45, 7) is 0.599. The van der Waals surface area contributed by atoms with Crippen LogP contribution in [-0.2, 0) is 24.0 Å². The minimum absolute atomic E-state index is 0.0170. The number of nitrogens with one attached hydrogen (secondary N) is 1. The van der Waals surface area contributed by atoms with Crippen molar-refractivity contribution in [1.82, 2.24) is 5.06 Å². The maximum Gasteiger partial charge on any atom is 0.534 e. The normalized spacial score (nSPS) is 13.8. The van der Waals surface area contributed by atoms with Crippen LogP contribution in [0.15, 0.2) is 53.4 Å². The number of hydrogen-bond donors (Lipinski definition) is 2. The highest BCUT2D eigenvalue weighted by Gasteiger charge is 2.34. The molecule has 1 fully saturated rings. The number of nitrogens with zero attached hydrogens (tertiary/aromatic N) is 1. The predicted molar refractivity (Wildman–Crippen MR) is 138 cm³/mol. The van der Waals surface area contributed by atoms with Gasteiger partial charge in [-0.15, -0.1) is 11.8 Å². The maximum absolute atomic E-state index is 12.5. The van der Waals surface area contributed by atoms with Crippen LogP contribution in [0.2, 0.25) is 0 Å². The third kappa shape index (κ3) is 8.80. The molecule has 0 aliphatic carbocycles. The Balaban J connectivity index is 1.70. The molecule has 2 aromatic carbocycles. The third-order valence-corrected chi connectivity index (χ3v) is 6.60. The van der Waals surface area contributed by atoms with E-state index in [4.69, 9.17) is 20.0 Å². The van der Waals surface area contributed by atoms with Crippen LogP contribution in [0.1, 0.15) is 50.2 Å². The molecule has 1 atom stereocenters. The summed E-state index contributed by atoms with van der Waals surface area (Å²) in [5.74, 6) is -0.291. The zero-order valence-electron chi connectivity index (χ0n) is 20.6.